The molecule has 33 heavy (non-hydrogen) atoms. The molecule has 1 saturated heterocycles. The molecule has 1 aliphatic heterocycles. The molecule has 4 rings (SSSR count). The third-order valence-corrected chi connectivity index (χ3v) is 6.11. The number of anilines is 1. The number of benzene rings is 1. The average Bonchev–Trinajstić information content (AvgIpc) is 3.43. The zero-order valence-corrected chi connectivity index (χ0v) is 19.6. The predicted octanol–water partition coefficient (Wildman–Crippen LogP) is 2.21. The molecule has 0 spiro atoms. The maximum absolute atomic E-state index is 12.6. The van der Waals surface area contributed by atoms with E-state index in [1.165, 1.54) is 32.9 Å². The zero-order chi connectivity index (χ0) is 23.4. The minimum atomic E-state index is -0.716. The molecule has 9 heteroatoms. The van der Waals surface area contributed by atoms with Crippen molar-refractivity contribution in [2.45, 2.75) is 32.2 Å². The van der Waals surface area contributed by atoms with Gasteiger partial charge in [0.2, 0.25) is 0 Å². The summed E-state index contributed by atoms with van der Waals surface area (Å²) in [5, 5.41) is 5.53. The molecule has 2 N–H and O–H groups in total. The van der Waals surface area contributed by atoms with E-state index in [-0.39, 0.29) is 0 Å². The molecule has 1 saturated carbocycles. The fourth-order valence-electron chi connectivity index (χ4n) is 4.27. The standard InChI is InChI=1S/C24H33N5O4/c1-24(2,15-29-10-8-28(9-11-29)14-17-4-5-17)27-23(31)22(30)26-18-6-7-19(20(12-18)32-3)21-13-25-16-33-21/h6-7,12-13,16-17H,4-5,8-11,14-15H2,1-3H3,(H,26,30)(H,27,31). The first-order valence-electron chi connectivity index (χ1n) is 11.5. The summed E-state index contributed by atoms with van der Waals surface area (Å²) in [6, 6.07) is 5.09. The van der Waals surface area contributed by atoms with Crippen LogP contribution < -0.4 is 15.4 Å². The van der Waals surface area contributed by atoms with Crippen LogP contribution in [0.15, 0.2) is 35.2 Å². The van der Waals surface area contributed by atoms with Gasteiger partial charge in [0, 0.05) is 56.6 Å². The van der Waals surface area contributed by atoms with Crippen LogP contribution in [0.2, 0.25) is 0 Å². The molecule has 1 aliphatic carbocycles. The summed E-state index contributed by atoms with van der Waals surface area (Å²) in [6.45, 7) is 9.90. The molecule has 9 nitrogen and oxygen atoms in total. The highest BCUT2D eigenvalue weighted by Crippen LogP contribution is 2.32. The number of hydrogen-bond donors (Lipinski definition) is 2. The number of piperazine rings is 1. The van der Waals surface area contributed by atoms with Crippen molar-refractivity contribution < 1.29 is 18.7 Å². The molecule has 2 aliphatic rings. The molecule has 0 atom stereocenters. The SMILES string of the molecule is COc1cc(NC(=O)C(=O)NC(C)(C)CN2CCN(CC3CC3)CC2)ccc1-c1cnco1. The first-order chi connectivity index (χ1) is 15.8. The van der Waals surface area contributed by atoms with E-state index >= 15 is 0 Å². The van der Waals surface area contributed by atoms with E-state index in [1.54, 1.807) is 24.4 Å². The molecule has 1 aromatic heterocycles. The Hall–Kier alpha value is -2.91. The lowest BCUT2D eigenvalue weighted by atomic mass is 10.0. The summed E-state index contributed by atoms with van der Waals surface area (Å²) in [7, 11) is 1.53. The van der Waals surface area contributed by atoms with Crippen molar-refractivity contribution >= 4 is 17.5 Å². The lowest BCUT2D eigenvalue weighted by Gasteiger charge is -2.39. The van der Waals surface area contributed by atoms with Crippen molar-refractivity contribution in [1.82, 2.24) is 20.1 Å². The fourth-order valence-corrected chi connectivity index (χ4v) is 4.27. The van der Waals surface area contributed by atoms with Crippen LogP contribution in [-0.2, 0) is 9.59 Å². The quantitative estimate of drug-likeness (QED) is 0.589. The lowest BCUT2D eigenvalue weighted by Crippen LogP contribution is -2.57. The number of carbonyl (C=O) groups excluding carboxylic acids is 2. The Balaban J connectivity index is 1.28. The second kappa shape index (κ2) is 9.93. The summed E-state index contributed by atoms with van der Waals surface area (Å²) in [5.74, 6) is 0.588. The van der Waals surface area contributed by atoms with Gasteiger partial charge in [-0.3, -0.25) is 14.5 Å². The lowest BCUT2D eigenvalue weighted by molar-refractivity contribution is -0.137. The molecule has 2 fully saturated rings. The highest BCUT2D eigenvalue weighted by Gasteiger charge is 2.30. The van der Waals surface area contributed by atoms with Crippen molar-refractivity contribution in [2.75, 3.05) is 51.7 Å². The number of ether oxygens (including phenoxy) is 1. The van der Waals surface area contributed by atoms with Crippen molar-refractivity contribution in [1.29, 1.82) is 0 Å². The van der Waals surface area contributed by atoms with Crippen LogP contribution in [0.1, 0.15) is 26.7 Å². The predicted molar refractivity (Wildman–Crippen MR) is 125 cm³/mol. The summed E-state index contributed by atoms with van der Waals surface area (Å²) in [4.78, 5) is 33.9. The summed E-state index contributed by atoms with van der Waals surface area (Å²) in [6.07, 6.45) is 5.67. The van der Waals surface area contributed by atoms with Gasteiger partial charge in [0.25, 0.3) is 0 Å². The van der Waals surface area contributed by atoms with E-state index in [0.717, 1.165) is 32.1 Å². The number of hydrogen-bond acceptors (Lipinski definition) is 7. The average molecular weight is 456 g/mol. The molecule has 0 bridgehead atoms. The Labute approximate surface area is 194 Å². The maximum atomic E-state index is 12.6. The van der Waals surface area contributed by atoms with Gasteiger partial charge in [-0.15, -0.1) is 0 Å². The van der Waals surface area contributed by atoms with E-state index < -0.39 is 17.4 Å². The number of nitrogens with zero attached hydrogens (tertiary/aromatic N) is 3. The number of carbonyl (C=O) groups is 2. The second-order valence-electron chi connectivity index (χ2n) is 9.59. The van der Waals surface area contributed by atoms with Gasteiger partial charge in [-0.2, -0.15) is 0 Å². The van der Waals surface area contributed by atoms with Gasteiger partial charge in [-0.05, 0) is 44.7 Å². The van der Waals surface area contributed by atoms with Gasteiger partial charge < -0.3 is 24.7 Å². The number of aromatic nitrogens is 1. The van der Waals surface area contributed by atoms with Crippen LogP contribution in [0.3, 0.4) is 0 Å². The van der Waals surface area contributed by atoms with Crippen LogP contribution in [0.4, 0.5) is 5.69 Å². The van der Waals surface area contributed by atoms with E-state index in [2.05, 4.69) is 25.4 Å². The minimum absolute atomic E-state index is 0.458. The Kier molecular flexibility index (Phi) is 6.99. The molecule has 2 amide bonds. The maximum Gasteiger partial charge on any atom is 0.313 e. The van der Waals surface area contributed by atoms with E-state index in [1.807, 2.05) is 13.8 Å². The van der Waals surface area contributed by atoms with E-state index in [9.17, 15) is 9.59 Å². The number of amides is 2. The minimum Gasteiger partial charge on any atom is -0.496 e. The van der Waals surface area contributed by atoms with Crippen molar-refractivity contribution in [3.05, 3.63) is 30.8 Å². The molecule has 2 aromatic rings. The highest BCUT2D eigenvalue weighted by molar-refractivity contribution is 6.39. The van der Waals surface area contributed by atoms with Crippen LogP contribution in [0.25, 0.3) is 11.3 Å². The summed E-state index contributed by atoms with van der Waals surface area (Å²) >= 11 is 0. The van der Waals surface area contributed by atoms with Crippen molar-refractivity contribution in [3.63, 3.8) is 0 Å². The van der Waals surface area contributed by atoms with Gasteiger partial charge in [-0.1, -0.05) is 0 Å². The second-order valence-corrected chi connectivity index (χ2v) is 9.59. The topological polar surface area (TPSA) is 99.9 Å². The van der Waals surface area contributed by atoms with Gasteiger partial charge in [0.15, 0.2) is 12.2 Å². The highest BCUT2D eigenvalue weighted by atomic mass is 16.5. The Morgan fingerprint density at radius 3 is 2.52 bits per heavy atom. The number of oxazole rings is 1. The zero-order valence-electron chi connectivity index (χ0n) is 19.6. The van der Waals surface area contributed by atoms with E-state index in [0.29, 0.717) is 29.3 Å². The summed E-state index contributed by atoms with van der Waals surface area (Å²) in [5.41, 5.74) is 0.636. The first-order valence-corrected chi connectivity index (χ1v) is 11.5. The van der Waals surface area contributed by atoms with Gasteiger partial charge in [0.1, 0.15) is 5.75 Å². The van der Waals surface area contributed by atoms with Crippen molar-refractivity contribution in [2.24, 2.45) is 5.92 Å². The van der Waals surface area contributed by atoms with E-state index in [4.69, 9.17) is 9.15 Å². The Morgan fingerprint density at radius 1 is 1.15 bits per heavy atom. The molecule has 1 aromatic carbocycles. The van der Waals surface area contributed by atoms with Crippen LogP contribution in [0.5, 0.6) is 5.75 Å². The third kappa shape index (κ3) is 6.33. The third-order valence-electron chi connectivity index (χ3n) is 6.11. The van der Waals surface area contributed by atoms with Gasteiger partial charge >= 0.3 is 11.8 Å². The van der Waals surface area contributed by atoms with Crippen LogP contribution in [-0.4, -0.2) is 78.5 Å². The number of rotatable bonds is 8. The monoisotopic (exact) mass is 455 g/mol. The van der Waals surface area contributed by atoms with Crippen LogP contribution in [0, 0.1) is 5.92 Å². The molecule has 0 unspecified atom stereocenters. The Bertz CT molecular complexity index is 963. The van der Waals surface area contributed by atoms with Crippen LogP contribution >= 0.6 is 0 Å². The smallest absolute Gasteiger partial charge is 0.313 e. The van der Waals surface area contributed by atoms with Gasteiger partial charge in [-0.25, -0.2) is 4.98 Å². The first kappa shape index (κ1) is 23.3. The van der Waals surface area contributed by atoms with Gasteiger partial charge in [0.05, 0.1) is 18.9 Å². The Morgan fingerprint density at radius 2 is 1.88 bits per heavy atom. The largest absolute Gasteiger partial charge is 0.496 e. The number of nitrogens with one attached hydrogen (secondary N) is 2. The number of methoxy groups -OCH3 is 1. The summed E-state index contributed by atoms with van der Waals surface area (Å²) < 4.78 is 10.7. The fraction of sp³-hybridized carbons (Fsp3) is 0.542. The molecular formula is C24H33N5O4. The molecule has 0 radical (unpaired) electrons. The molecule has 178 valence electrons. The van der Waals surface area contributed by atoms with Crippen molar-refractivity contribution in [3.8, 4) is 17.1 Å². The normalized spacial score (nSPS) is 17.5. The molecule has 2 heterocycles. The molecular weight excluding hydrogens is 422 g/mol.